The van der Waals surface area contributed by atoms with Gasteiger partial charge in [-0.05, 0) is 304 Å². The summed E-state index contributed by atoms with van der Waals surface area (Å²) >= 11 is 0. The largest absolute Gasteiger partial charge is 0.287 e. The van der Waals surface area contributed by atoms with Crippen LogP contribution >= 0.6 is 0 Å². The maximum absolute atomic E-state index is 13.5. The summed E-state index contributed by atoms with van der Waals surface area (Å²) in [5, 5.41) is 5.51. The highest BCUT2D eigenvalue weighted by Gasteiger charge is 2.25. The fourth-order valence-electron chi connectivity index (χ4n) is 15.1. The smallest absolute Gasteiger partial charge is 0.232 e. The number of nitrogens with zero attached hydrogens (tertiary/aromatic N) is 10. The summed E-state index contributed by atoms with van der Waals surface area (Å²) in [6.07, 6.45) is 12.2. The van der Waals surface area contributed by atoms with Gasteiger partial charge in [-0.25, -0.2) is 44.8 Å². The first-order chi connectivity index (χ1) is 53.8. The van der Waals surface area contributed by atoms with Gasteiger partial charge in [-0.2, -0.15) is 0 Å². The second-order valence-corrected chi connectivity index (χ2v) is 32.0. The normalized spacial score (nSPS) is 11.4. The van der Waals surface area contributed by atoms with E-state index in [1.165, 1.54) is 58.1 Å². The molecule has 0 saturated heterocycles. The molecule has 0 fully saturated rings. The average Bonchev–Trinajstić information content (AvgIpc) is 0.797. The summed E-state index contributed by atoms with van der Waals surface area (Å²) < 4.78 is 77.2. The molecule has 10 aromatic carbocycles. The minimum Gasteiger partial charge on any atom is -0.232 e. The highest BCUT2D eigenvalue weighted by Crippen LogP contribution is 2.36. The Hall–Kier alpha value is -11.5. The van der Waals surface area contributed by atoms with Gasteiger partial charge in [0.2, 0.25) is 0 Å². The van der Waals surface area contributed by atoms with Crippen molar-refractivity contribution in [3.8, 4) is 56.3 Å². The zero-order valence-corrected chi connectivity index (χ0v) is 69.1. The number of aromatic nitrogens is 10. The van der Waals surface area contributed by atoms with E-state index in [1.54, 1.807) is 30.3 Å². The van der Waals surface area contributed by atoms with Gasteiger partial charge in [-0.3, -0.25) is 0 Å². The van der Waals surface area contributed by atoms with Crippen molar-refractivity contribution in [3.63, 3.8) is 0 Å². The van der Waals surface area contributed by atoms with Crippen LogP contribution in [0.2, 0.25) is 0 Å². The zero-order chi connectivity index (χ0) is 81.4. The molecule has 15 aromatic rings. The van der Waals surface area contributed by atoms with Gasteiger partial charge in [0.15, 0.2) is 27.6 Å². The van der Waals surface area contributed by atoms with Crippen LogP contribution in [0.15, 0.2) is 214 Å². The minimum atomic E-state index is -0.204. The summed E-state index contributed by atoms with van der Waals surface area (Å²) in [4.78, 5) is 22.8. The monoisotopic (exact) mass is 1520 g/mol. The van der Waals surface area contributed by atoms with Crippen LogP contribution in [0.3, 0.4) is 0 Å². The van der Waals surface area contributed by atoms with Crippen molar-refractivity contribution < 1.29 is 44.8 Å². The Balaban J connectivity index is 0.000000139. The van der Waals surface area contributed by atoms with E-state index < -0.39 is 0 Å². The average molecular weight is 1520 g/mol. The molecule has 0 amide bonds. The third-order valence-corrected chi connectivity index (χ3v) is 20.6. The van der Waals surface area contributed by atoms with Crippen molar-refractivity contribution in [2.24, 2.45) is 53.0 Å². The molecule has 0 spiro atoms. The summed E-state index contributed by atoms with van der Waals surface area (Å²) in [6, 6.07) is 56.8. The number of fused-ring (bicyclic) bond motifs is 5. The topological polar surface area (TPSA) is 83.8 Å². The van der Waals surface area contributed by atoms with Gasteiger partial charge in [0.25, 0.3) is 31.6 Å². The van der Waals surface area contributed by atoms with E-state index in [1.807, 2.05) is 155 Å². The number of aryl methyl sites for hydroxylation is 10. The van der Waals surface area contributed by atoms with Gasteiger partial charge in [0.05, 0.1) is 62.2 Å². The highest BCUT2D eigenvalue weighted by atomic mass is 19.1. The number of benzene rings is 10. The van der Waals surface area contributed by atoms with Gasteiger partial charge < -0.3 is 0 Å². The molecular weight excluding hydrogens is 1410 g/mol. The number of halogens is 5. The second-order valence-electron chi connectivity index (χ2n) is 32.0. The van der Waals surface area contributed by atoms with E-state index in [-0.39, 0.29) is 29.1 Å². The fraction of sp³-hybridized carbons (Fsp3) is 0.286. The molecule has 0 unspecified atom stereocenters. The van der Waals surface area contributed by atoms with Crippen LogP contribution in [0.1, 0.15) is 137 Å². The van der Waals surface area contributed by atoms with E-state index in [0.717, 1.165) is 158 Å². The number of hydrogen-bond donors (Lipinski definition) is 0. The Labute approximate surface area is 663 Å². The van der Waals surface area contributed by atoms with E-state index in [9.17, 15) is 22.0 Å². The number of hydrogen-bond acceptors (Lipinski definition) is 5. The van der Waals surface area contributed by atoms with Crippen molar-refractivity contribution in [2.45, 2.75) is 135 Å². The quantitative estimate of drug-likeness (QED) is 0.0848. The first-order valence-corrected chi connectivity index (χ1v) is 39.0. The van der Waals surface area contributed by atoms with Gasteiger partial charge in [0, 0.05) is 33.4 Å². The molecular formula is C98H106F5N10+5. The predicted octanol–water partition coefficient (Wildman–Crippen LogP) is 21.7. The molecule has 0 bridgehead atoms. The van der Waals surface area contributed by atoms with E-state index in [2.05, 4.69) is 185 Å². The Morgan fingerprint density at radius 3 is 0.973 bits per heavy atom. The number of para-hydroxylation sites is 1. The van der Waals surface area contributed by atoms with Crippen molar-refractivity contribution in [3.05, 3.63) is 298 Å². The predicted molar refractivity (Wildman–Crippen MR) is 449 cm³/mol. The molecule has 578 valence electrons. The van der Waals surface area contributed by atoms with Gasteiger partial charge >= 0.3 is 0 Å². The van der Waals surface area contributed by atoms with Crippen LogP contribution < -0.4 is 22.8 Å². The second kappa shape index (κ2) is 35.9. The van der Waals surface area contributed by atoms with Crippen molar-refractivity contribution in [1.82, 2.24) is 24.9 Å². The first-order valence-electron chi connectivity index (χ1n) is 39.0. The van der Waals surface area contributed by atoms with Crippen LogP contribution in [-0.4, -0.2) is 24.9 Å². The molecule has 0 saturated carbocycles. The SMILES string of the molecule is Cc1cc(F)ccc1-c1c2cc(C(C)C)ccc2nc[n+]1C.Cc1cc(F)ccc1-c1c2cc(CC(C)C)ccc2nc[n+]1C.Cc1cc(F)ccc1-c1c2ccc(C(C)C)cc2nc[n+]1C.Cc1cc(F)ccc1-c1c2ccc(CC(C)C)cc2nc[n+]1C.Cc1cc(F)ccc1-c1c2cccc(CC(C)C)c2nc[n+]1C. The summed E-state index contributed by atoms with van der Waals surface area (Å²) in [7, 11) is 9.90. The van der Waals surface area contributed by atoms with Crippen molar-refractivity contribution >= 4 is 54.5 Å². The third kappa shape index (κ3) is 19.4. The zero-order valence-electron chi connectivity index (χ0n) is 69.1. The molecule has 5 heterocycles. The lowest BCUT2D eigenvalue weighted by atomic mass is 9.96. The fourth-order valence-corrected chi connectivity index (χ4v) is 15.1. The molecule has 15 heteroatoms. The standard InChI is InChI=1S/3C20H22FN2.2C19H20FN2/c1-13(2)9-15-5-8-19-18(11-15)20(23(4)12-22-19)17-7-6-16(21)10-14(17)3;1-13(2)9-15-5-7-18-19(11-15)22-12-23(4)20(18)17-8-6-16(21)10-14(17)3;1-13(2)10-15-6-5-7-18-19(15)22-12-23(4)20(18)17-9-8-16(21)11-14(17)3;1-12(2)14-5-8-18-17(10-14)19(22(4)11-21-18)16-7-6-15(20)9-13(16)3;1-12(2)14-5-7-17-18(10-14)21-11-22(4)19(17)16-8-6-15(20)9-13(16)3/h2*5-8,10-13H,9H2,1-4H3;5-9,11-13H,10H2,1-4H3;2*5-12H,1-4H3/q5*+1. The van der Waals surface area contributed by atoms with Crippen LogP contribution in [-0.2, 0) is 54.5 Å². The van der Waals surface area contributed by atoms with Crippen LogP contribution in [0.25, 0.3) is 111 Å². The van der Waals surface area contributed by atoms with Crippen LogP contribution in [0, 0.1) is 81.5 Å². The molecule has 0 aliphatic heterocycles. The molecule has 0 N–H and O–H groups in total. The van der Waals surface area contributed by atoms with Gasteiger partial charge in [-0.1, -0.05) is 106 Å². The lowest BCUT2D eigenvalue weighted by Gasteiger charge is -2.11. The highest BCUT2D eigenvalue weighted by molar-refractivity contribution is 5.96. The van der Waals surface area contributed by atoms with E-state index >= 15 is 0 Å². The molecule has 113 heavy (non-hydrogen) atoms. The van der Waals surface area contributed by atoms with Crippen LogP contribution in [0.5, 0.6) is 0 Å². The van der Waals surface area contributed by atoms with Gasteiger partial charge in [0.1, 0.15) is 57.6 Å². The Kier molecular flexibility index (Phi) is 26.2. The Morgan fingerprint density at radius 2 is 0.584 bits per heavy atom. The Morgan fingerprint density at radius 1 is 0.274 bits per heavy atom. The summed E-state index contributed by atoms with van der Waals surface area (Å²) in [5.74, 6) is 1.71. The maximum Gasteiger partial charge on any atom is 0.287 e. The van der Waals surface area contributed by atoms with Crippen LogP contribution in [0.4, 0.5) is 22.0 Å². The van der Waals surface area contributed by atoms with E-state index in [4.69, 9.17) is 0 Å². The maximum atomic E-state index is 13.5. The third-order valence-electron chi connectivity index (χ3n) is 20.6. The molecule has 0 atom stereocenters. The molecule has 0 aliphatic carbocycles. The molecule has 0 radical (unpaired) electrons. The Bertz CT molecular complexity index is 5940. The lowest BCUT2D eigenvalue weighted by Crippen LogP contribution is -2.32. The minimum absolute atomic E-state index is 0.201. The first kappa shape index (κ1) is 82.5. The lowest BCUT2D eigenvalue weighted by molar-refractivity contribution is -0.662. The van der Waals surface area contributed by atoms with E-state index in [0.29, 0.717) is 29.6 Å². The van der Waals surface area contributed by atoms with Gasteiger partial charge in [-0.15, -0.1) is 0 Å². The molecule has 10 nitrogen and oxygen atoms in total. The molecule has 5 aromatic heterocycles. The molecule has 0 aliphatic rings. The van der Waals surface area contributed by atoms with Crippen molar-refractivity contribution in [1.29, 1.82) is 0 Å². The molecule has 15 rings (SSSR count). The summed E-state index contributed by atoms with van der Waals surface area (Å²) in [6.45, 7) is 31.7. The van der Waals surface area contributed by atoms with Crippen molar-refractivity contribution in [2.75, 3.05) is 0 Å². The number of rotatable bonds is 13. The summed E-state index contributed by atoms with van der Waals surface area (Å²) in [5.41, 5.74) is 26.6.